The molecule has 2 atom stereocenters. The molecular formula is C10H19NO3. The van der Waals surface area contributed by atoms with Crippen molar-refractivity contribution in [1.29, 1.82) is 0 Å². The third-order valence-electron chi connectivity index (χ3n) is 3.14. The number of hydrogen-bond donors (Lipinski definition) is 1. The molecule has 0 saturated carbocycles. The van der Waals surface area contributed by atoms with E-state index in [1.54, 1.807) is 4.90 Å². The molecule has 0 aliphatic carbocycles. The topological polar surface area (TPSA) is 49.8 Å². The summed E-state index contributed by atoms with van der Waals surface area (Å²) in [7, 11) is 3.65. The highest BCUT2D eigenvalue weighted by atomic mass is 16.5. The van der Waals surface area contributed by atoms with Crippen molar-refractivity contribution in [2.24, 2.45) is 0 Å². The van der Waals surface area contributed by atoms with Gasteiger partial charge in [0.1, 0.15) is 5.54 Å². The van der Waals surface area contributed by atoms with Gasteiger partial charge in [0.25, 0.3) is 0 Å². The van der Waals surface area contributed by atoms with Crippen molar-refractivity contribution in [2.75, 3.05) is 20.7 Å². The van der Waals surface area contributed by atoms with Crippen molar-refractivity contribution in [2.45, 2.75) is 37.8 Å². The van der Waals surface area contributed by atoms with Gasteiger partial charge in [0.15, 0.2) is 0 Å². The molecule has 1 heterocycles. The van der Waals surface area contributed by atoms with Gasteiger partial charge in [0.05, 0.1) is 6.10 Å². The van der Waals surface area contributed by atoms with Gasteiger partial charge in [-0.25, -0.2) is 0 Å². The van der Waals surface area contributed by atoms with Crippen LogP contribution in [0, 0.1) is 0 Å². The molecule has 1 aliphatic heterocycles. The second-order valence-electron chi connectivity index (χ2n) is 4.09. The number of ether oxygens (including phenoxy) is 1. The first-order chi connectivity index (χ1) is 6.53. The minimum atomic E-state index is -0.732. The first-order valence-electron chi connectivity index (χ1n) is 5.05. The fourth-order valence-electron chi connectivity index (χ4n) is 1.99. The number of carboxylic acid groups (broad SMARTS) is 1. The Morgan fingerprint density at radius 1 is 1.64 bits per heavy atom. The monoisotopic (exact) mass is 201 g/mol. The maximum absolute atomic E-state index is 11.3. The Balaban J connectivity index is 2.82. The summed E-state index contributed by atoms with van der Waals surface area (Å²) in [6.07, 6.45) is 2.13. The quantitative estimate of drug-likeness (QED) is 0.739. The summed E-state index contributed by atoms with van der Waals surface area (Å²) in [6.45, 7) is 2.57. The number of hydrogen-bond acceptors (Lipinski definition) is 3. The number of carboxylic acids is 1. The molecular weight excluding hydrogens is 182 g/mol. The molecule has 1 aliphatic rings. The van der Waals surface area contributed by atoms with Gasteiger partial charge in [-0.2, -0.15) is 0 Å². The van der Waals surface area contributed by atoms with Crippen LogP contribution in [0.1, 0.15) is 26.2 Å². The molecule has 0 bridgehead atoms. The van der Waals surface area contributed by atoms with Gasteiger partial charge >= 0.3 is 5.97 Å². The van der Waals surface area contributed by atoms with Crippen LogP contribution in [0.15, 0.2) is 0 Å². The summed E-state index contributed by atoms with van der Waals surface area (Å²) in [6, 6.07) is 0. The Hall–Kier alpha value is -0.610. The van der Waals surface area contributed by atoms with Crippen molar-refractivity contribution < 1.29 is 14.6 Å². The van der Waals surface area contributed by atoms with E-state index in [4.69, 9.17) is 4.74 Å². The molecule has 1 fully saturated rings. The van der Waals surface area contributed by atoms with Crippen LogP contribution in [0.3, 0.4) is 0 Å². The molecule has 1 rings (SSSR count). The molecule has 2 unspecified atom stereocenters. The molecule has 82 valence electrons. The summed E-state index contributed by atoms with van der Waals surface area (Å²) in [5, 5.41) is 9.28. The number of nitrogens with zero attached hydrogens (tertiary/aromatic N) is 1. The van der Waals surface area contributed by atoms with E-state index in [0.717, 1.165) is 6.42 Å². The number of aliphatic carboxylic acids is 1. The second kappa shape index (κ2) is 4.28. The molecule has 0 radical (unpaired) electrons. The summed E-state index contributed by atoms with van der Waals surface area (Å²) in [5.41, 5.74) is -0.723. The third-order valence-corrected chi connectivity index (χ3v) is 3.14. The summed E-state index contributed by atoms with van der Waals surface area (Å²) in [4.78, 5) is 13.1. The molecule has 0 aromatic rings. The summed E-state index contributed by atoms with van der Waals surface area (Å²) in [5.74, 6) is -0.732. The van der Waals surface area contributed by atoms with E-state index in [1.807, 2.05) is 21.0 Å². The lowest BCUT2D eigenvalue weighted by atomic mass is 9.85. The first kappa shape index (κ1) is 11.5. The van der Waals surface area contributed by atoms with Crippen molar-refractivity contribution in [3.05, 3.63) is 0 Å². The van der Waals surface area contributed by atoms with Crippen molar-refractivity contribution in [3.8, 4) is 0 Å². The standard InChI is InChI=1S/C10H19NO3/c1-4-8-7-10(9(12)13,11(2)3)5-6-14-8/h8H,4-7H2,1-3H3,(H,12,13). The van der Waals surface area contributed by atoms with Gasteiger partial charge in [0.2, 0.25) is 0 Å². The van der Waals surface area contributed by atoms with Crippen molar-refractivity contribution in [1.82, 2.24) is 4.90 Å². The Labute approximate surface area is 84.8 Å². The zero-order valence-corrected chi connectivity index (χ0v) is 9.12. The minimum Gasteiger partial charge on any atom is -0.480 e. The highest BCUT2D eigenvalue weighted by Crippen LogP contribution is 2.30. The van der Waals surface area contributed by atoms with Crippen molar-refractivity contribution in [3.63, 3.8) is 0 Å². The normalized spacial score (nSPS) is 33.3. The molecule has 0 aromatic heterocycles. The Morgan fingerprint density at radius 2 is 2.29 bits per heavy atom. The van der Waals surface area contributed by atoms with Gasteiger partial charge in [-0.3, -0.25) is 9.69 Å². The lowest BCUT2D eigenvalue weighted by Crippen LogP contribution is -2.56. The van der Waals surface area contributed by atoms with Gasteiger partial charge in [-0.1, -0.05) is 6.92 Å². The summed E-state index contributed by atoms with van der Waals surface area (Å²) >= 11 is 0. The van der Waals surface area contributed by atoms with Crippen LogP contribution in [-0.2, 0) is 9.53 Å². The van der Waals surface area contributed by atoms with Crippen LogP contribution in [-0.4, -0.2) is 48.3 Å². The smallest absolute Gasteiger partial charge is 0.324 e. The first-order valence-corrected chi connectivity index (χ1v) is 5.05. The average molecular weight is 201 g/mol. The Kier molecular flexibility index (Phi) is 3.50. The van der Waals surface area contributed by atoms with Crippen LogP contribution in [0.5, 0.6) is 0 Å². The van der Waals surface area contributed by atoms with Gasteiger partial charge in [0, 0.05) is 13.0 Å². The number of likely N-dealkylation sites (N-methyl/N-ethyl adjacent to an activating group) is 1. The zero-order valence-electron chi connectivity index (χ0n) is 9.12. The van der Waals surface area contributed by atoms with E-state index < -0.39 is 11.5 Å². The molecule has 14 heavy (non-hydrogen) atoms. The largest absolute Gasteiger partial charge is 0.480 e. The van der Waals surface area contributed by atoms with Crippen LogP contribution in [0.25, 0.3) is 0 Å². The second-order valence-corrected chi connectivity index (χ2v) is 4.09. The van der Waals surface area contributed by atoms with Crippen LogP contribution in [0.4, 0.5) is 0 Å². The summed E-state index contributed by atoms with van der Waals surface area (Å²) < 4.78 is 5.49. The molecule has 1 saturated heterocycles. The van der Waals surface area contributed by atoms with E-state index >= 15 is 0 Å². The van der Waals surface area contributed by atoms with Crippen molar-refractivity contribution >= 4 is 5.97 Å². The lowest BCUT2D eigenvalue weighted by Gasteiger charge is -2.41. The highest BCUT2D eigenvalue weighted by Gasteiger charge is 2.45. The van der Waals surface area contributed by atoms with E-state index in [2.05, 4.69) is 0 Å². The van der Waals surface area contributed by atoms with Gasteiger partial charge < -0.3 is 9.84 Å². The fourth-order valence-corrected chi connectivity index (χ4v) is 1.99. The average Bonchev–Trinajstić information content (AvgIpc) is 2.17. The Morgan fingerprint density at radius 3 is 2.71 bits per heavy atom. The van der Waals surface area contributed by atoms with E-state index in [0.29, 0.717) is 19.4 Å². The maximum atomic E-state index is 11.3. The molecule has 0 amide bonds. The zero-order chi connectivity index (χ0) is 10.8. The molecule has 4 heteroatoms. The minimum absolute atomic E-state index is 0.0854. The number of carbonyl (C=O) groups is 1. The molecule has 0 spiro atoms. The van der Waals surface area contributed by atoms with Crippen LogP contribution in [0.2, 0.25) is 0 Å². The molecule has 0 aromatic carbocycles. The maximum Gasteiger partial charge on any atom is 0.324 e. The fraction of sp³-hybridized carbons (Fsp3) is 0.900. The van der Waals surface area contributed by atoms with E-state index in [1.165, 1.54) is 0 Å². The van der Waals surface area contributed by atoms with Crippen LogP contribution >= 0.6 is 0 Å². The van der Waals surface area contributed by atoms with Crippen LogP contribution < -0.4 is 0 Å². The third kappa shape index (κ3) is 1.91. The lowest BCUT2D eigenvalue weighted by molar-refractivity contribution is -0.160. The van der Waals surface area contributed by atoms with Gasteiger partial charge in [-0.05, 0) is 26.9 Å². The Bertz CT molecular complexity index is 217. The SMILES string of the molecule is CCC1CC(C(=O)O)(N(C)C)CCO1. The predicted octanol–water partition coefficient (Wildman–Crippen LogP) is 0.960. The van der Waals surface area contributed by atoms with E-state index in [-0.39, 0.29) is 6.10 Å². The van der Waals surface area contributed by atoms with E-state index in [9.17, 15) is 9.90 Å². The highest BCUT2D eigenvalue weighted by molar-refractivity contribution is 5.79. The van der Waals surface area contributed by atoms with Gasteiger partial charge in [-0.15, -0.1) is 0 Å². The predicted molar refractivity (Wildman–Crippen MR) is 53.3 cm³/mol. The molecule has 4 nitrogen and oxygen atoms in total. The number of rotatable bonds is 3. The molecule has 1 N–H and O–H groups in total.